The van der Waals surface area contributed by atoms with Gasteiger partial charge in [0.25, 0.3) is 5.91 Å². The molecule has 0 spiro atoms. The molecule has 1 N–H and O–H groups in total. The molecule has 0 radical (unpaired) electrons. The average molecular weight is 390 g/mol. The first-order chi connectivity index (χ1) is 11.6. The number of nitrogens with zero attached hydrogens (tertiary/aromatic N) is 2. The molecule has 1 aromatic heterocycles. The van der Waals surface area contributed by atoms with Gasteiger partial charge in [0.1, 0.15) is 11.1 Å². The monoisotopic (exact) mass is 389 g/mol. The minimum Gasteiger partial charge on any atom is -0.480 e. The summed E-state index contributed by atoms with van der Waals surface area (Å²) in [6.45, 7) is 1.81. The van der Waals surface area contributed by atoms with E-state index in [-0.39, 0.29) is 25.0 Å². The van der Waals surface area contributed by atoms with E-state index in [2.05, 4.69) is 26.2 Å². The van der Waals surface area contributed by atoms with E-state index in [1.807, 2.05) is 31.2 Å². The zero-order valence-electron chi connectivity index (χ0n) is 13.1. The molecule has 6 nitrogen and oxygen atoms in total. The van der Waals surface area contributed by atoms with Crippen molar-refractivity contribution in [1.82, 2.24) is 4.98 Å². The number of hydrogen-bond acceptors (Lipinski definition) is 4. The summed E-state index contributed by atoms with van der Waals surface area (Å²) in [7, 11) is 0. The fourth-order valence-corrected chi connectivity index (χ4v) is 2.80. The number of para-hydroxylation sites is 1. The van der Waals surface area contributed by atoms with E-state index in [1.54, 1.807) is 12.1 Å². The van der Waals surface area contributed by atoms with Crippen molar-refractivity contribution in [3.8, 4) is 5.75 Å². The van der Waals surface area contributed by atoms with Crippen LogP contribution in [0.2, 0.25) is 0 Å². The van der Waals surface area contributed by atoms with Crippen LogP contribution in [0.5, 0.6) is 5.75 Å². The zero-order valence-corrected chi connectivity index (χ0v) is 14.7. The molecule has 3 rings (SSSR count). The third-order valence-corrected chi connectivity index (χ3v) is 4.13. The van der Waals surface area contributed by atoms with Gasteiger partial charge in [-0.05, 0) is 46.1 Å². The Labute approximate surface area is 148 Å². The van der Waals surface area contributed by atoms with Crippen LogP contribution in [-0.4, -0.2) is 29.9 Å². The lowest BCUT2D eigenvalue weighted by Gasteiger charge is -2.27. The quantitative estimate of drug-likeness (QED) is 0.816. The van der Waals surface area contributed by atoms with Gasteiger partial charge in [0.2, 0.25) is 5.91 Å². The van der Waals surface area contributed by atoms with E-state index in [1.165, 1.54) is 4.90 Å². The number of amides is 2. The van der Waals surface area contributed by atoms with Crippen molar-refractivity contribution in [2.75, 3.05) is 23.4 Å². The summed E-state index contributed by atoms with van der Waals surface area (Å²) >= 11 is 3.27. The predicted octanol–water partition coefficient (Wildman–Crippen LogP) is 2.77. The molecule has 0 saturated heterocycles. The number of aromatic nitrogens is 1. The van der Waals surface area contributed by atoms with E-state index in [4.69, 9.17) is 4.74 Å². The number of nitrogens with one attached hydrogen (secondary N) is 1. The summed E-state index contributed by atoms with van der Waals surface area (Å²) in [5, 5.41) is 2.86. The van der Waals surface area contributed by atoms with Crippen LogP contribution in [0, 0.1) is 0 Å². The molecule has 1 aliphatic heterocycles. The molecule has 124 valence electrons. The minimum atomic E-state index is -0.299. The molecule has 0 fully saturated rings. The van der Waals surface area contributed by atoms with Crippen LogP contribution in [0.4, 0.5) is 11.5 Å². The molecule has 2 aromatic rings. The largest absolute Gasteiger partial charge is 0.480 e. The Morgan fingerprint density at radius 2 is 2.12 bits per heavy atom. The first kappa shape index (κ1) is 16.4. The normalized spacial score (nSPS) is 13.2. The second-order valence-corrected chi connectivity index (χ2v) is 6.10. The predicted molar refractivity (Wildman–Crippen MR) is 94.2 cm³/mol. The van der Waals surface area contributed by atoms with E-state index in [0.29, 0.717) is 16.2 Å². The second-order valence-electron chi connectivity index (χ2n) is 5.28. The molecule has 2 heterocycles. The fourth-order valence-electron chi connectivity index (χ4n) is 2.50. The average Bonchev–Trinajstić information content (AvgIpc) is 2.58. The van der Waals surface area contributed by atoms with Gasteiger partial charge in [-0.25, -0.2) is 4.98 Å². The van der Waals surface area contributed by atoms with Crippen LogP contribution < -0.4 is 15.0 Å². The molecule has 1 aliphatic rings. The third-order valence-electron chi connectivity index (χ3n) is 3.69. The summed E-state index contributed by atoms with van der Waals surface area (Å²) < 4.78 is 5.92. The van der Waals surface area contributed by atoms with Gasteiger partial charge in [0.15, 0.2) is 18.2 Å². The summed E-state index contributed by atoms with van der Waals surface area (Å²) in [4.78, 5) is 30.1. The highest BCUT2D eigenvalue weighted by Gasteiger charge is 2.29. The van der Waals surface area contributed by atoms with Crippen LogP contribution in [0.3, 0.4) is 0 Å². The number of benzene rings is 1. The Balaban J connectivity index is 1.79. The highest BCUT2D eigenvalue weighted by molar-refractivity contribution is 9.10. The summed E-state index contributed by atoms with van der Waals surface area (Å²) in [6.07, 6.45) is 0.810. The number of carbonyl (C=O) groups is 2. The number of anilines is 2. The number of carbonyl (C=O) groups excluding carboxylic acids is 2. The summed E-state index contributed by atoms with van der Waals surface area (Å²) in [5.41, 5.74) is 1.80. The van der Waals surface area contributed by atoms with E-state index >= 15 is 0 Å². The number of rotatable bonds is 4. The first-order valence-corrected chi connectivity index (χ1v) is 8.35. The number of pyridine rings is 1. The van der Waals surface area contributed by atoms with E-state index in [9.17, 15) is 9.59 Å². The molecule has 0 unspecified atom stereocenters. The topological polar surface area (TPSA) is 71.5 Å². The van der Waals surface area contributed by atoms with Crippen molar-refractivity contribution in [3.05, 3.63) is 46.6 Å². The number of halogens is 1. The number of fused-ring (bicyclic) bond motifs is 1. The van der Waals surface area contributed by atoms with Crippen LogP contribution in [0.1, 0.15) is 12.5 Å². The van der Waals surface area contributed by atoms with Gasteiger partial charge < -0.3 is 10.1 Å². The van der Waals surface area contributed by atoms with Crippen LogP contribution >= 0.6 is 15.9 Å². The van der Waals surface area contributed by atoms with Crippen molar-refractivity contribution >= 4 is 39.2 Å². The standard InChI is InChI=1S/C17H16BrN3O3/c1-2-11-5-3-4-6-12(11)19-15(22)9-21-16(23)10-24-13-7-8-14(18)20-17(13)21/h3-8H,2,9-10H2,1H3,(H,19,22). The Morgan fingerprint density at radius 3 is 2.92 bits per heavy atom. The van der Waals surface area contributed by atoms with Crippen molar-refractivity contribution in [2.24, 2.45) is 0 Å². The smallest absolute Gasteiger partial charge is 0.266 e. The Morgan fingerprint density at radius 1 is 1.33 bits per heavy atom. The molecule has 0 bridgehead atoms. The Bertz CT molecular complexity index is 794. The van der Waals surface area contributed by atoms with Gasteiger partial charge in [0.05, 0.1) is 0 Å². The van der Waals surface area contributed by atoms with Gasteiger partial charge >= 0.3 is 0 Å². The van der Waals surface area contributed by atoms with Gasteiger partial charge in [0, 0.05) is 5.69 Å². The molecule has 24 heavy (non-hydrogen) atoms. The maximum Gasteiger partial charge on any atom is 0.266 e. The molecule has 0 atom stereocenters. The Hall–Kier alpha value is -2.41. The lowest BCUT2D eigenvalue weighted by Crippen LogP contribution is -2.44. The molecular weight excluding hydrogens is 374 g/mol. The number of ether oxygens (including phenoxy) is 1. The molecule has 1 aromatic carbocycles. The molecule has 7 heteroatoms. The maximum absolute atomic E-state index is 12.4. The lowest BCUT2D eigenvalue weighted by molar-refractivity contribution is -0.123. The van der Waals surface area contributed by atoms with Crippen molar-refractivity contribution in [2.45, 2.75) is 13.3 Å². The number of hydrogen-bond donors (Lipinski definition) is 1. The van der Waals surface area contributed by atoms with Crippen molar-refractivity contribution in [3.63, 3.8) is 0 Å². The Kier molecular flexibility index (Phi) is 4.80. The van der Waals surface area contributed by atoms with Crippen LogP contribution in [0.15, 0.2) is 41.0 Å². The highest BCUT2D eigenvalue weighted by atomic mass is 79.9. The SMILES string of the molecule is CCc1ccccc1NC(=O)CN1C(=O)COc2ccc(Br)nc21. The van der Waals surface area contributed by atoms with E-state index < -0.39 is 0 Å². The maximum atomic E-state index is 12.4. The molecular formula is C17H16BrN3O3. The lowest BCUT2D eigenvalue weighted by atomic mass is 10.1. The van der Waals surface area contributed by atoms with Crippen molar-refractivity contribution in [1.29, 1.82) is 0 Å². The van der Waals surface area contributed by atoms with Gasteiger partial charge in [-0.3, -0.25) is 14.5 Å². The number of aryl methyl sites for hydroxylation is 1. The summed E-state index contributed by atoms with van der Waals surface area (Å²) in [6, 6.07) is 11.0. The van der Waals surface area contributed by atoms with E-state index in [0.717, 1.165) is 17.7 Å². The fraction of sp³-hybridized carbons (Fsp3) is 0.235. The van der Waals surface area contributed by atoms with Crippen molar-refractivity contribution < 1.29 is 14.3 Å². The minimum absolute atomic E-state index is 0.102. The molecule has 0 aliphatic carbocycles. The second kappa shape index (κ2) is 7.00. The van der Waals surface area contributed by atoms with Gasteiger partial charge in [-0.15, -0.1) is 0 Å². The summed E-state index contributed by atoms with van der Waals surface area (Å²) in [5.74, 6) is 0.255. The molecule has 2 amide bonds. The first-order valence-electron chi connectivity index (χ1n) is 7.56. The highest BCUT2D eigenvalue weighted by Crippen LogP contribution is 2.31. The van der Waals surface area contributed by atoms with Gasteiger partial charge in [-0.2, -0.15) is 0 Å². The zero-order chi connectivity index (χ0) is 17.1. The van der Waals surface area contributed by atoms with Gasteiger partial charge in [-0.1, -0.05) is 25.1 Å². The van der Waals surface area contributed by atoms with Crippen LogP contribution in [-0.2, 0) is 16.0 Å². The third kappa shape index (κ3) is 3.41. The van der Waals surface area contributed by atoms with Crippen LogP contribution in [0.25, 0.3) is 0 Å². The molecule has 0 saturated carbocycles.